The van der Waals surface area contributed by atoms with Gasteiger partial charge in [0.15, 0.2) is 0 Å². The first kappa shape index (κ1) is 10.4. The number of hydrogen-bond donors (Lipinski definition) is 1. The molecule has 1 heterocycles. The number of nitrogens with one attached hydrogen (secondary N) is 1. The van der Waals surface area contributed by atoms with Crippen LogP contribution in [0, 0.1) is 5.41 Å². The maximum Gasteiger partial charge on any atom is 0.0163 e. The zero-order chi connectivity index (χ0) is 10.0. The van der Waals surface area contributed by atoms with Crippen molar-refractivity contribution < 1.29 is 0 Å². The van der Waals surface area contributed by atoms with Gasteiger partial charge in [-0.3, -0.25) is 0 Å². The van der Waals surface area contributed by atoms with E-state index in [-0.39, 0.29) is 0 Å². The topological polar surface area (TPSA) is 15.3 Å². The first-order chi connectivity index (χ1) is 6.74. The number of likely N-dealkylation sites (N-methyl/N-ethyl adjacent to an activating group) is 1. The molecule has 1 atom stereocenters. The maximum absolute atomic E-state index is 3.31. The molecule has 2 heteroatoms. The van der Waals surface area contributed by atoms with E-state index in [4.69, 9.17) is 0 Å². The Morgan fingerprint density at radius 1 is 1.21 bits per heavy atom. The molecule has 14 heavy (non-hydrogen) atoms. The molecule has 1 spiro atoms. The monoisotopic (exact) mass is 196 g/mol. The molecule has 1 aliphatic carbocycles. The Morgan fingerprint density at radius 2 is 1.86 bits per heavy atom. The molecular formula is C12H24N2. The lowest BCUT2D eigenvalue weighted by molar-refractivity contribution is -0.0312. The molecule has 0 amide bonds. The van der Waals surface area contributed by atoms with Crippen LogP contribution in [0.5, 0.6) is 0 Å². The molecule has 1 saturated carbocycles. The van der Waals surface area contributed by atoms with E-state index in [1.54, 1.807) is 0 Å². The van der Waals surface area contributed by atoms with Crippen molar-refractivity contribution in [3.05, 3.63) is 0 Å². The van der Waals surface area contributed by atoms with Gasteiger partial charge in [-0.1, -0.05) is 19.3 Å². The second-order valence-corrected chi connectivity index (χ2v) is 5.42. The Labute approximate surface area is 88.1 Å². The third-order valence-corrected chi connectivity index (χ3v) is 4.06. The fourth-order valence-corrected chi connectivity index (χ4v) is 3.13. The van der Waals surface area contributed by atoms with E-state index in [1.807, 2.05) is 0 Å². The normalized spacial score (nSPS) is 28.7. The van der Waals surface area contributed by atoms with Crippen molar-refractivity contribution in [2.45, 2.75) is 45.1 Å². The lowest BCUT2D eigenvalue weighted by Gasteiger charge is -2.53. The minimum atomic E-state index is 0.649. The summed E-state index contributed by atoms with van der Waals surface area (Å²) >= 11 is 0. The molecule has 2 aliphatic rings. The van der Waals surface area contributed by atoms with Crippen LogP contribution in [0.2, 0.25) is 0 Å². The lowest BCUT2D eigenvalue weighted by Crippen LogP contribution is -2.59. The minimum Gasteiger partial charge on any atom is -0.316 e. The molecule has 0 radical (unpaired) electrons. The van der Waals surface area contributed by atoms with Gasteiger partial charge in [0, 0.05) is 25.7 Å². The van der Waals surface area contributed by atoms with E-state index >= 15 is 0 Å². The average Bonchev–Trinajstić information content (AvgIpc) is 2.17. The predicted molar refractivity (Wildman–Crippen MR) is 60.5 cm³/mol. The van der Waals surface area contributed by atoms with Gasteiger partial charge in [-0.15, -0.1) is 0 Å². The molecule has 1 unspecified atom stereocenters. The van der Waals surface area contributed by atoms with E-state index in [0.717, 1.165) is 5.41 Å². The van der Waals surface area contributed by atoms with Crippen molar-refractivity contribution in [1.82, 2.24) is 10.2 Å². The van der Waals surface area contributed by atoms with E-state index in [1.165, 1.54) is 51.7 Å². The molecule has 0 aromatic heterocycles. The smallest absolute Gasteiger partial charge is 0.0163 e. The van der Waals surface area contributed by atoms with Crippen molar-refractivity contribution in [2.75, 3.05) is 26.7 Å². The van der Waals surface area contributed by atoms with Crippen molar-refractivity contribution >= 4 is 0 Å². The van der Waals surface area contributed by atoms with E-state index in [9.17, 15) is 0 Å². The lowest BCUT2D eigenvalue weighted by atomic mass is 9.68. The van der Waals surface area contributed by atoms with Crippen LogP contribution < -0.4 is 5.32 Å². The van der Waals surface area contributed by atoms with Gasteiger partial charge in [-0.25, -0.2) is 0 Å². The molecule has 1 saturated heterocycles. The van der Waals surface area contributed by atoms with Gasteiger partial charge in [-0.2, -0.15) is 0 Å². The van der Waals surface area contributed by atoms with E-state index in [2.05, 4.69) is 24.2 Å². The molecule has 2 fully saturated rings. The van der Waals surface area contributed by atoms with Gasteiger partial charge in [-0.05, 0) is 32.2 Å². The van der Waals surface area contributed by atoms with Gasteiger partial charge >= 0.3 is 0 Å². The highest BCUT2D eigenvalue weighted by molar-refractivity contribution is 4.96. The molecule has 2 rings (SSSR count). The van der Waals surface area contributed by atoms with E-state index in [0.29, 0.717) is 6.04 Å². The molecular weight excluding hydrogens is 172 g/mol. The fourth-order valence-electron chi connectivity index (χ4n) is 3.13. The summed E-state index contributed by atoms with van der Waals surface area (Å²) in [5, 5.41) is 3.31. The predicted octanol–water partition coefficient (Wildman–Crippen LogP) is 1.86. The van der Waals surface area contributed by atoms with Crippen LogP contribution >= 0.6 is 0 Å². The first-order valence-electron chi connectivity index (χ1n) is 6.14. The summed E-state index contributed by atoms with van der Waals surface area (Å²) in [7, 11) is 2.06. The number of likely N-dealkylation sites (tertiary alicyclic amines) is 1. The van der Waals surface area contributed by atoms with Crippen molar-refractivity contribution in [2.24, 2.45) is 5.41 Å². The van der Waals surface area contributed by atoms with Crippen LogP contribution in [-0.2, 0) is 0 Å². The summed E-state index contributed by atoms with van der Waals surface area (Å²) in [6.45, 7) is 6.25. The highest BCUT2D eigenvalue weighted by atomic mass is 15.2. The van der Waals surface area contributed by atoms with Crippen LogP contribution in [0.1, 0.15) is 39.0 Å². The summed E-state index contributed by atoms with van der Waals surface area (Å²) in [5.41, 5.74) is 0.756. The Balaban J connectivity index is 1.72. The minimum absolute atomic E-state index is 0.649. The largest absolute Gasteiger partial charge is 0.316 e. The van der Waals surface area contributed by atoms with Crippen LogP contribution in [0.4, 0.5) is 0 Å². The van der Waals surface area contributed by atoms with Gasteiger partial charge in [0.25, 0.3) is 0 Å². The summed E-state index contributed by atoms with van der Waals surface area (Å²) in [4.78, 5) is 2.62. The molecule has 0 bridgehead atoms. The summed E-state index contributed by atoms with van der Waals surface area (Å²) < 4.78 is 0. The highest BCUT2D eigenvalue weighted by Crippen LogP contribution is 2.43. The molecule has 1 N–H and O–H groups in total. The zero-order valence-corrected chi connectivity index (χ0v) is 9.68. The molecule has 82 valence electrons. The average molecular weight is 196 g/mol. The summed E-state index contributed by atoms with van der Waals surface area (Å²) in [5.74, 6) is 0. The molecule has 0 aromatic carbocycles. The third kappa shape index (κ3) is 2.12. The second kappa shape index (κ2) is 4.19. The van der Waals surface area contributed by atoms with Gasteiger partial charge in [0.2, 0.25) is 0 Å². The van der Waals surface area contributed by atoms with Gasteiger partial charge in [0.1, 0.15) is 0 Å². The molecule has 1 aliphatic heterocycles. The quantitative estimate of drug-likeness (QED) is 0.741. The maximum atomic E-state index is 3.31. The zero-order valence-electron chi connectivity index (χ0n) is 9.68. The summed E-state index contributed by atoms with van der Waals surface area (Å²) in [6, 6.07) is 0.649. The van der Waals surface area contributed by atoms with Crippen molar-refractivity contribution in [1.29, 1.82) is 0 Å². The molecule has 2 nitrogen and oxygen atoms in total. The Hall–Kier alpha value is -0.0800. The standard InChI is InChI=1S/C12H24N2/c1-11(13-2)8-14-9-12(10-14)6-4-3-5-7-12/h11,13H,3-10H2,1-2H3. The van der Waals surface area contributed by atoms with Gasteiger partial charge < -0.3 is 10.2 Å². The highest BCUT2D eigenvalue weighted by Gasteiger charge is 2.42. The van der Waals surface area contributed by atoms with Crippen molar-refractivity contribution in [3.63, 3.8) is 0 Å². The third-order valence-electron chi connectivity index (χ3n) is 4.06. The van der Waals surface area contributed by atoms with Crippen molar-refractivity contribution in [3.8, 4) is 0 Å². The van der Waals surface area contributed by atoms with Crippen LogP contribution in [0.25, 0.3) is 0 Å². The number of rotatable bonds is 3. The second-order valence-electron chi connectivity index (χ2n) is 5.42. The fraction of sp³-hybridized carbons (Fsp3) is 1.00. The summed E-state index contributed by atoms with van der Waals surface area (Å²) in [6.07, 6.45) is 7.44. The molecule has 0 aromatic rings. The van der Waals surface area contributed by atoms with Crippen LogP contribution in [0.15, 0.2) is 0 Å². The first-order valence-corrected chi connectivity index (χ1v) is 6.14. The Bertz CT molecular complexity index is 177. The SMILES string of the molecule is CNC(C)CN1CC2(CCCCC2)C1. The Morgan fingerprint density at radius 3 is 2.43 bits per heavy atom. The van der Waals surface area contributed by atoms with Crippen LogP contribution in [-0.4, -0.2) is 37.6 Å². The number of nitrogens with zero attached hydrogens (tertiary/aromatic N) is 1. The Kier molecular flexibility index (Phi) is 3.13. The number of hydrogen-bond acceptors (Lipinski definition) is 2. The van der Waals surface area contributed by atoms with E-state index < -0.39 is 0 Å². The van der Waals surface area contributed by atoms with Gasteiger partial charge in [0.05, 0.1) is 0 Å². The van der Waals surface area contributed by atoms with Crippen LogP contribution in [0.3, 0.4) is 0 Å².